The number of amides is 2. The van der Waals surface area contributed by atoms with E-state index in [2.05, 4.69) is 15.6 Å². The van der Waals surface area contributed by atoms with Crippen LogP contribution in [-0.4, -0.2) is 29.9 Å². The monoisotopic (exact) mass is 256 g/mol. The van der Waals surface area contributed by atoms with Crippen molar-refractivity contribution in [3.63, 3.8) is 0 Å². The summed E-state index contributed by atoms with van der Waals surface area (Å²) in [6, 6.07) is 1.69. The van der Waals surface area contributed by atoms with Crippen LogP contribution < -0.4 is 16.4 Å². The molecule has 4 N–H and O–H groups in total. The fourth-order valence-electron chi connectivity index (χ4n) is 1.09. The second-order valence-electron chi connectivity index (χ2n) is 3.38. The van der Waals surface area contributed by atoms with E-state index in [0.717, 1.165) is 5.56 Å². The minimum Gasteiger partial charge on any atom is -0.346 e. The number of aryl methyl sites for hydroxylation is 1. The van der Waals surface area contributed by atoms with Gasteiger partial charge in [0.15, 0.2) is 5.15 Å². The summed E-state index contributed by atoms with van der Waals surface area (Å²) in [6.07, 6.45) is 1.59. The van der Waals surface area contributed by atoms with Crippen molar-refractivity contribution in [2.24, 2.45) is 5.73 Å². The van der Waals surface area contributed by atoms with E-state index in [1.807, 2.05) is 6.92 Å². The number of carbonyl (C=O) groups is 2. The Morgan fingerprint density at radius 3 is 2.82 bits per heavy atom. The zero-order chi connectivity index (χ0) is 12.8. The highest BCUT2D eigenvalue weighted by Gasteiger charge is 2.08. The number of nitrogens with two attached hydrogens (primary N) is 1. The van der Waals surface area contributed by atoms with E-state index in [-0.39, 0.29) is 24.1 Å². The largest absolute Gasteiger partial charge is 0.346 e. The smallest absolute Gasteiger partial charge is 0.243 e. The van der Waals surface area contributed by atoms with Gasteiger partial charge in [0.1, 0.15) is 0 Å². The Labute approximate surface area is 104 Å². The average Bonchev–Trinajstić information content (AvgIpc) is 2.30. The first-order valence-corrected chi connectivity index (χ1v) is 5.29. The van der Waals surface area contributed by atoms with Gasteiger partial charge in [-0.15, -0.1) is 0 Å². The summed E-state index contributed by atoms with van der Waals surface area (Å²) < 4.78 is 0. The number of pyridine rings is 1. The predicted octanol–water partition coefficient (Wildman–Crippen LogP) is 0.0568. The summed E-state index contributed by atoms with van der Waals surface area (Å²) >= 11 is 5.80. The summed E-state index contributed by atoms with van der Waals surface area (Å²) in [7, 11) is 0. The van der Waals surface area contributed by atoms with Gasteiger partial charge in [-0.25, -0.2) is 4.98 Å². The molecule has 0 aliphatic carbocycles. The van der Waals surface area contributed by atoms with Gasteiger partial charge in [-0.3, -0.25) is 9.59 Å². The Morgan fingerprint density at radius 1 is 1.47 bits per heavy atom. The molecule has 92 valence electrons. The summed E-state index contributed by atoms with van der Waals surface area (Å²) in [6.45, 7) is 1.52. The third-order valence-electron chi connectivity index (χ3n) is 1.88. The van der Waals surface area contributed by atoms with E-state index >= 15 is 0 Å². The quantitative estimate of drug-likeness (QED) is 0.664. The summed E-state index contributed by atoms with van der Waals surface area (Å²) in [5.74, 6) is -0.783. The summed E-state index contributed by atoms with van der Waals surface area (Å²) in [4.78, 5) is 26.2. The number of carbonyl (C=O) groups excluding carboxylic acids is 2. The maximum absolute atomic E-state index is 11.4. The molecule has 0 aliphatic rings. The lowest BCUT2D eigenvalue weighted by atomic mass is 10.3. The lowest BCUT2D eigenvalue weighted by molar-refractivity contribution is -0.123. The molecule has 0 saturated carbocycles. The van der Waals surface area contributed by atoms with Crippen LogP contribution in [0.3, 0.4) is 0 Å². The highest BCUT2D eigenvalue weighted by molar-refractivity contribution is 6.32. The SMILES string of the molecule is Cc1cnc(Cl)c(NC(=O)CNC(=O)CN)c1. The van der Waals surface area contributed by atoms with Crippen molar-refractivity contribution in [2.75, 3.05) is 18.4 Å². The van der Waals surface area contributed by atoms with Gasteiger partial charge in [-0.2, -0.15) is 0 Å². The standard InChI is InChI=1S/C10H13ClN4O2/c1-6-2-7(10(11)14-4-6)15-9(17)5-13-8(16)3-12/h2,4H,3,5,12H2,1H3,(H,13,16)(H,15,17). The normalized spacial score (nSPS) is 9.82. The van der Waals surface area contributed by atoms with Gasteiger partial charge in [0, 0.05) is 6.20 Å². The van der Waals surface area contributed by atoms with Crippen LogP contribution in [-0.2, 0) is 9.59 Å². The molecular weight excluding hydrogens is 244 g/mol. The molecule has 0 radical (unpaired) electrons. The second kappa shape index (κ2) is 6.17. The molecule has 0 bridgehead atoms. The minimum absolute atomic E-state index is 0.152. The van der Waals surface area contributed by atoms with Crippen LogP contribution in [0.5, 0.6) is 0 Å². The van der Waals surface area contributed by atoms with Crippen molar-refractivity contribution < 1.29 is 9.59 Å². The Kier molecular flexibility index (Phi) is 4.86. The summed E-state index contributed by atoms with van der Waals surface area (Å²) in [5, 5.41) is 5.09. The van der Waals surface area contributed by atoms with Crippen molar-refractivity contribution >= 4 is 29.1 Å². The zero-order valence-corrected chi connectivity index (χ0v) is 10.0. The van der Waals surface area contributed by atoms with Crippen LogP contribution in [0.1, 0.15) is 5.56 Å². The molecule has 2 amide bonds. The van der Waals surface area contributed by atoms with Crippen molar-refractivity contribution in [3.05, 3.63) is 23.0 Å². The fourth-order valence-corrected chi connectivity index (χ4v) is 1.24. The van der Waals surface area contributed by atoms with Gasteiger partial charge in [0.05, 0.1) is 18.8 Å². The number of aromatic nitrogens is 1. The van der Waals surface area contributed by atoms with Gasteiger partial charge in [0.25, 0.3) is 0 Å². The Balaban J connectivity index is 2.56. The van der Waals surface area contributed by atoms with Gasteiger partial charge >= 0.3 is 0 Å². The number of hydrogen-bond acceptors (Lipinski definition) is 4. The van der Waals surface area contributed by atoms with Crippen molar-refractivity contribution in [2.45, 2.75) is 6.92 Å². The number of rotatable bonds is 4. The van der Waals surface area contributed by atoms with Crippen LogP contribution in [0.2, 0.25) is 5.15 Å². The van der Waals surface area contributed by atoms with E-state index in [4.69, 9.17) is 17.3 Å². The lowest BCUT2D eigenvalue weighted by Crippen LogP contribution is -2.36. The minimum atomic E-state index is -0.395. The fraction of sp³-hybridized carbons (Fsp3) is 0.300. The van der Waals surface area contributed by atoms with E-state index < -0.39 is 5.91 Å². The highest BCUT2D eigenvalue weighted by Crippen LogP contribution is 2.19. The van der Waals surface area contributed by atoms with Gasteiger partial charge in [0.2, 0.25) is 11.8 Å². The number of nitrogens with one attached hydrogen (secondary N) is 2. The van der Waals surface area contributed by atoms with E-state index in [0.29, 0.717) is 5.69 Å². The van der Waals surface area contributed by atoms with Crippen molar-refractivity contribution in [3.8, 4) is 0 Å². The van der Waals surface area contributed by atoms with E-state index in [1.54, 1.807) is 12.3 Å². The Hall–Kier alpha value is -1.66. The summed E-state index contributed by atoms with van der Waals surface area (Å²) in [5.41, 5.74) is 6.37. The number of halogens is 1. The molecule has 1 aromatic heterocycles. The van der Waals surface area contributed by atoms with Crippen LogP contribution in [0.15, 0.2) is 12.3 Å². The molecule has 0 saturated heterocycles. The van der Waals surface area contributed by atoms with Gasteiger partial charge < -0.3 is 16.4 Å². The topological polar surface area (TPSA) is 97.1 Å². The second-order valence-corrected chi connectivity index (χ2v) is 3.74. The molecule has 1 rings (SSSR count). The first kappa shape index (κ1) is 13.4. The molecular formula is C10H13ClN4O2. The van der Waals surface area contributed by atoms with Gasteiger partial charge in [-0.05, 0) is 18.6 Å². The zero-order valence-electron chi connectivity index (χ0n) is 9.29. The molecule has 0 aromatic carbocycles. The molecule has 0 aliphatic heterocycles. The van der Waals surface area contributed by atoms with Crippen LogP contribution in [0, 0.1) is 6.92 Å². The molecule has 0 spiro atoms. The molecule has 0 unspecified atom stereocenters. The van der Waals surface area contributed by atoms with Crippen LogP contribution in [0.25, 0.3) is 0 Å². The van der Waals surface area contributed by atoms with Crippen LogP contribution in [0.4, 0.5) is 5.69 Å². The average molecular weight is 257 g/mol. The molecule has 0 atom stereocenters. The van der Waals surface area contributed by atoms with Crippen molar-refractivity contribution in [1.82, 2.24) is 10.3 Å². The molecule has 6 nitrogen and oxygen atoms in total. The molecule has 0 fully saturated rings. The third kappa shape index (κ3) is 4.38. The number of hydrogen-bond donors (Lipinski definition) is 3. The maximum Gasteiger partial charge on any atom is 0.243 e. The highest BCUT2D eigenvalue weighted by atomic mass is 35.5. The molecule has 1 heterocycles. The lowest BCUT2D eigenvalue weighted by Gasteiger charge is -2.07. The maximum atomic E-state index is 11.4. The predicted molar refractivity (Wildman–Crippen MR) is 64.7 cm³/mol. The molecule has 1 aromatic rings. The third-order valence-corrected chi connectivity index (χ3v) is 2.18. The van der Waals surface area contributed by atoms with Crippen molar-refractivity contribution in [1.29, 1.82) is 0 Å². The Bertz CT molecular complexity index is 436. The molecule has 7 heteroatoms. The van der Waals surface area contributed by atoms with Gasteiger partial charge in [-0.1, -0.05) is 11.6 Å². The van der Waals surface area contributed by atoms with E-state index in [9.17, 15) is 9.59 Å². The van der Waals surface area contributed by atoms with Crippen LogP contribution >= 0.6 is 11.6 Å². The molecule has 17 heavy (non-hydrogen) atoms. The number of nitrogens with zero attached hydrogens (tertiary/aromatic N) is 1. The number of anilines is 1. The van der Waals surface area contributed by atoms with E-state index in [1.165, 1.54) is 0 Å². The first-order chi connectivity index (χ1) is 8.02. The Morgan fingerprint density at radius 2 is 2.18 bits per heavy atom. The first-order valence-electron chi connectivity index (χ1n) is 4.91.